The maximum atomic E-state index is 3.65. The Kier molecular flexibility index (Phi) is 2.83. The van der Waals surface area contributed by atoms with Crippen molar-refractivity contribution in [3.8, 4) is 0 Å². The molecule has 2 nitrogen and oxygen atoms in total. The molecule has 1 heterocycles. The van der Waals surface area contributed by atoms with E-state index < -0.39 is 0 Å². The third-order valence-electron chi connectivity index (χ3n) is 4.44. The van der Waals surface area contributed by atoms with Gasteiger partial charge in [-0.25, -0.2) is 0 Å². The largest absolute Gasteiger partial charge is 0.380 e. The highest BCUT2D eigenvalue weighted by atomic mass is 15.0. The maximum absolute atomic E-state index is 3.65. The first kappa shape index (κ1) is 11.1. The first-order valence-electron chi connectivity index (χ1n) is 6.86. The molecule has 0 bridgehead atoms. The van der Waals surface area contributed by atoms with Gasteiger partial charge in [0, 0.05) is 24.8 Å². The number of hydrogen-bond donors (Lipinski definition) is 2. The molecular formula is C15H22N2. The van der Waals surface area contributed by atoms with Crippen LogP contribution in [0.15, 0.2) is 24.3 Å². The zero-order valence-electron chi connectivity index (χ0n) is 10.6. The normalized spacial score (nSPS) is 24.2. The van der Waals surface area contributed by atoms with Gasteiger partial charge in [-0.3, -0.25) is 0 Å². The molecule has 0 spiro atoms. The lowest BCUT2D eigenvalue weighted by Crippen LogP contribution is -2.34. The molecule has 0 amide bonds. The molecule has 0 saturated heterocycles. The molecule has 1 saturated carbocycles. The Hall–Kier alpha value is -1.02. The Labute approximate surface area is 104 Å². The fourth-order valence-electron chi connectivity index (χ4n) is 2.84. The van der Waals surface area contributed by atoms with Crippen molar-refractivity contribution in [2.75, 3.05) is 18.4 Å². The van der Waals surface area contributed by atoms with Crippen LogP contribution < -0.4 is 10.6 Å². The summed E-state index contributed by atoms with van der Waals surface area (Å²) >= 11 is 0. The van der Waals surface area contributed by atoms with Gasteiger partial charge in [0.05, 0.1) is 0 Å². The molecule has 2 aliphatic rings. The molecule has 1 atom stereocenters. The Balaban J connectivity index is 1.46. The molecule has 2 heteroatoms. The van der Waals surface area contributed by atoms with Gasteiger partial charge in [0.25, 0.3) is 0 Å². The predicted molar refractivity (Wildman–Crippen MR) is 72.4 cm³/mol. The number of fused-ring (bicyclic) bond motifs is 1. The fourth-order valence-corrected chi connectivity index (χ4v) is 2.84. The van der Waals surface area contributed by atoms with Crippen LogP contribution in [-0.4, -0.2) is 19.1 Å². The van der Waals surface area contributed by atoms with Crippen LogP contribution in [0.25, 0.3) is 0 Å². The molecule has 1 fully saturated rings. The monoisotopic (exact) mass is 230 g/mol. The lowest BCUT2D eigenvalue weighted by Gasteiger charge is -2.17. The van der Waals surface area contributed by atoms with E-state index in [1.165, 1.54) is 43.5 Å². The van der Waals surface area contributed by atoms with E-state index in [1.807, 2.05) is 0 Å². The highest BCUT2D eigenvalue weighted by Gasteiger charge is 2.40. The summed E-state index contributed by atoms with van der Waals surface area (Å²) in [5, 5.41) is 7.25. The highest BCUT2D eigenvalue weighted by Crippen LogP contribution is 2.47. The first-order chi connectivity index (χ1) is 8.31. The third kappa shape index (κ3) is 2.32. The Morgan fingerprint density at radius 2 is 2.18 bits per heavy atom. The summed E-state index contributed by atoms with van der Waals surface area (Å²) in [6.07, 6.45) is 5.35. The van der Waals surface area contributed by atoms with E-state index in [0.717, 1.165) is 6.54 Å². The van der Waals surface area contributed by atoms with Crippen molar-refractivity contribution in [3.63, 3.8) is 0 Å². The van der Waals surface area contributed by atoms with Crippen LogP contribution in [0.5, 0.6) is 0 Å². The SMILES string of the molecule is CCC1(CNCC2Cc3ccccc3N2)CC1. The molecule has 1 aromatic rings. The van der Waals surface area contributed by atoms with Gasteiger partial charge in [-0.1, -0.05) is 25.1 Å². The smallest absolute Gasteiger partial charge is 0.0427 e. The van der Waals surface area contributed by atoms with Gasteiger partial charge in [0.2, 0.25) is 0 Å². The van der Waals surface area contributed by atoms with Gasteiger partial charge in [-0.2, -0.15) is 0 Å². The van der Waals surface area contributed by atoms with E-state index >= 15 is 0 Å². The van der Waals surface area contributed by atoms with E-state index in [-0.39, 0.29) is 0 Å². The minimum absolute atomic E-state index is 0.583. The van der Waals surface area contributed by atoms with E-state index in [0.29, 0.717) is 11.5 Å². The van der Waals surface area contributed by atoms with Crippen LogP contribution in [-0.2, 0) is 6.42 Å². The molecular weight excluding hydrogens is 208 g/mol. The summed E-state index contributed by atoms with van der Waals surface area (Å²) < 4.78 is 0. The summed E-state index contributed by atoms with van der Waals surface area (Å²) in [5.74, 6) is 0. The molecule has 17 heavy (non-hydrogen) atoms. The zero-order valence-corrected chi connectivity index (χ0v) is 10.6. The number of hydrogen-bond acceptors (Lipinski definition) is 2. The second-order valence-corrected chi connectivity index (χ2v) is 5.69. The fraction of sp³-hybridized carbons (Fsp3) is 0.600. The van der Waals surface area contributed by atoms with Gasteiger partial charge in [0.1, 0.15) is 0 Å². The quantitative estimate of drug-likeness (QED) is 0.813. The number of nitrogens with one attached hydrogen (secondary N) is 2. The van der Waals surface area contributed by atoms with E-state index in [9.17, 15) is 0 Å². The van der Waals surface area contributed by atoms with Crippen LogP contribution in [0.1, 0.15) is 31.7 Å². The Morgan fingerprint density at radius 1 is 1.35 bits per heavy atom. The third-order valence-corrected chi connectivity index (χ3v) is 4.44. The summed E-state index contributed by atoms with van der Waals surface area (Å²) in [4.78, 5) is 0. The predicted octanol–water partition coefficient (Wildman–Crippen LogP) is 2.80. The number of rotatable bonds is 5. The van der Waals surface area contributed by atoms with Crippen molar-refractivity contribution in [1.82, 2.24) is 5.32 Å². The standard InChI is InChI=1S/C15H22N2/c1-2-15(7-8-15)11-16-10-13-9-12-5-3-4-6-14(12)17-13/h3-6,13,16-17H,2,7-11H2,1H3. The van der Waals surface area contributed by atoms with Crippen molar-refractivity contribution < 1.29 is 0 Å². The summed E-state index contributed by atoms with van der Waals surface area (Å²) in [5.41, 5.74) is 3.46. The van der Waals surface area contributed by atoms with Crippen molar-refractivity contribution in [2.45, 2.75) is 38.6 Å². The molecule has 1 aromatic carbocycles. The van der Waals surface area contributed by atoms with Crippen LogP contribution in [0.4, 0.5) is 5.69 Å². The summed E-state index contributed by atoms with van der Waals surface area (Å²) in [6, 6.07) is 9.24. The Morgan fingerprint density at radius 3 is 2.88 bits per heavy atom. The molecule has 0 radical (unpaired) electrons. The minimum Gasteiger partial charge on any atom is -0.380 e. The minimum atomic E-state index is 0.583. The van der Waals surface area contributed by atoms with Crippen molar-refractivity contribution in [2.24, 2.45) is 5.41 Å². The average molecular weight is 230 g/mol. The number of anilines is 1. The van der Waals surface area contributed by atoms with Gasteiger partial charge in [-0.15, -0.1) is 0 Å². The molecule has 0 aromatic heterocycles. The molecule has 92 valence electrons. The van der Waals surface area contributed by atoms with Crippen molar-refractivity contribution in [1.29, 1.82) is 0 Å². The van der Waals surface area contributed by atoms with Gasteiger partial charge in [0.15, 0.2) is 0 Å². The molecule has 1 unspecified atom stereocenters. The second kappa shape index (κ2) is 4.34. The zero-order chi connectivity index (χ0) is 11.7. The average Bonchev–Trinajstić information content (AvgIpc) is 3.01. The molecule has 3 rings (SSSR count). The lowest BCUT2D eigenvalue weighted by molar-refractivity contribution is 0.437. The van der Waals surface area contributed by atoms with Gasteiger partial charge in [-0.05, 0) is 42.7 Å². The second-order valence-electron chi connectivity index (χ2n) is 5.69. The van der Waals surface area contributed by atoms with E-state index in [1.54, 1.807) is 0 Å². The van der Waals surface area contributed by atoms with Gasteiger partial charge >= 0.3 is 0 Å². The topological polar surface area (TPSA) is 24.1 Å². The number of para-hydroxylation sites is 1. The molecule has 2 N–H and O–H groups in total. The van der Waals surface area contributed by atoms with E-state index in [2.05, 4.69) is 41.8 Å². The molecule has 1 aliphatic heterocycles. The van der Waals surface area contributed by atoms with Gasteiger partial charge < -0.3 is 10.6 Å². The van der Waals surface area contributed by atoms with Crippen molar-refractivity contribution in [3.05, 3.63) is 29.8 Å². The maximum Gasteiger partial charge on any atom is 0.0427 e. The van der Waals surface area contributed by atoms with Crippen LogP contribution in [0.3, 0.4) is 0 Å². The Bertz CT molecular complexity index is 371. The summed E-state index contributed by atoms with van der Waals surface area (Å²) in [7, 11) is 0. The molecule has 1 aliphatic carbocycles. The van der Waals surface area contributed by atoms with Crippen molar-refractivity contribution >= 4 is 5.69 Å². The first-order valence-corrected chi connectivity index (χ1v) is 6.86. The lowest BCUT2D eigenvalue weighted by atomic mass is 10.0. The number of benzene rings is 1. The van der Waals surface area contributed by atoms with Crippen LogP contribution in [0.2, 0.25) is 0 Å². The van der Waals surface area contributed by atoms with E-state index in [4.69, 9.17) is 0 Å². The highest BCUT2D eigenvalue weighted by molar-refractivity contribution is 5.56. The van der Waals surface area contributed by atoms with Crippen LogP contribution >= 0.6 is 0 Å². The van der Waals surface area contributed by atoms with Crippen LogP contribution in [0, 0.1) is 5.41 Å². The summed E-state index contributed by atoms with van der Waals surface area (Å²) in [6.45, 7) is 4.62.